The van der Waals surface area contributed by atoms with E-state index in [1.165, 1.54) is 41.5 Å². The van der Waals surface area contributed by atoms with E-state index in [0.717, 1.165) is 13.1 Å². The first-order valence-electron chi connectivity index (χ1n) is 7.51. The zero-order valence-electron chi connectivity index (χ0n) is 12.9. The van der Waals surface area contributed by atoms with Crippen LogP contribution in [-0.2, 0) is 6.54 Å². The second-order valence-electron chi connectivity index (χ2n) is 7.03. The molecule has 1 aliphatic rings. The molecule has 20 heavy (non-hydrogen) atoms. The van der Waals surface area contributed by atoms with Gasteiger partial charge < -0.3 is 5.73 Å². The van der Waals surface area contributed by atoms with Gasteiger partial charge in [0.05, 0.1) is 0 Å². The molecule has 0 spiro atoms. The summed E-state index contributed by atoms with van der Waals surface area (Å²) in [5.74, 6) is 0. The van der Waals surface area contributed by atoms with Crippen LogP contribution < -0.4 is 5.73 Å². The Morgan fingerprint density at radius 1 is 1.30 bits per heavy atom. The van der Waals surface area contributed by atoms with E-state index in [1.54, 1.807) is 0 Å². The lowest BCUT2D eigenvalue weighted by atomic mass is 9.83. The second kappa shape index (κ2) is 6.47. The lowest BCUT2D eigenvalue weighted by Crippen LogP contribution is -2.51. The predicted octanol–water partition coefficient (Wildman–Crippen LogP) is 4.63. The average Bonchev–Trinajstić information content (AvgIpc) is 2.70. The summed E-state index contributed by atoms with van der Waals surface area (Å²) in [6.07, 6.45) is 6.36. The summed E-state index contributed by atoms with van der Waals surface area (Å²) in [5.41, 5.74) is 6.87. The normalized spacial score (nSPS) is 26.7. The van der Waals surface area contributed by atoms with Gasteiger partial charge in [-0.25, -0.2) is 0 Å². The maximum absolute atomic E-state index is 6.21. The molecule has 114 valence electrons. The van der Waals surface area contributed by atoms with Gasteiger partial charge in [0.25, 0.3) is 0 Å². The fraction of sp³-hybridized carbons (Fsp3) is 0.750. The quantitative estimate of drug-likeness (QED) is 0.794. The maximum atomic E-state index is 6.21. The molecule has 0 amide bonds. The van der Waals surface area contributed by atoms with Crippen molar-refractivity contribution in [3.63, 3.8) is 0 Å². The van der Waals surface area contributed by atoms with Crippen molar-refractivity contribution < 1.29 is 0 Å². The van der Waals surface area contributed by atoms with E-state index in [0.29, 0.717) is 5.41 Å². The summed E-state index contributed by atoms with van der Waals surface area (Å²) in [6, 6.07) is 2.23. The van der Waals surface area contributed by atoms with Gasteiger partial charge in [0.2, 0.25) is 0 Å². The number of hydrogen-bond donors (Lipinski definition) is 1. The van der Waals surface area contributed by atoms with Crippen LogP contribution >= 0.6 is 27.3 Å². The third-order valence-corrected chi connectivity index (χ3v) is 6.65. The Morgan fingerprint density at radius 3 is 2.65 bits per heavy atom. The Kier molecular flexibility index (Phi) is 5.33. The van der Waals surface area contributed by atoms with Crippen LogP contribution in [0.25, 0.3) is 0 Å². The van der Waals surface area contributed by atoms with Crippen molar-refractivity contribution in [2.24, 2.45) is 11.1 Å². The summed E-state index contributed by atoms with van der Waals surface area (Å²) in [6.45, 7) is 6.58. The average molecular weight is 359 g/mol. The molecule has 1 aliphatic carbocycles. The van der Waals surface area contributed by atoms with E-state index in [2.05, 4.69) is 53.2 Å². The van der Waals surface area contributed by atoms with Crippen LogP contribution in [0, 0.1) is 5.41 Å². The molecule has 2 nitrogen and oxygen atoms in total. The highest BCUT2D eigenvalue weighted by Crippen LogP contribution is 2.40. The SMILES string of the molecule is CN(Cc1cc(Br)cs1)C1(CN)CCCC(C)(C)CC1. The molecule has 0 bridgehead atoms. The number of rotatable bonds is 4. The summed E-state index contributed by atoms with van der Waals surface area (Å²) in [7, 11) is 2.25. The fourth-order valence-electron chi connectivity index (χ4n) is 3.30. The van der Waals surface area contributed by atoms with Gasteiger partial charge in [0.1, 0.15) is 0 Å². The van der Waals surface area contributed by atoms with Crippen LogP contribution in [0.1, 0.15) is 50.8 Å². The number of thiophene rings is 1. The largest absolute Gasteiger partial charge is 0.329 e. The van der Waals surface area contributed by atoms with E-state index in [4.69, 9.17) is 5.73 Å². The zero-order valence-corrected chi connectivity index (χ0v) is 15.3. The minimum absolute atomic E-state index is 0.185. The minimum atomic E-state index is 0.185. The first-order valence-corrected chi connectivity index (χ1v) is 9.18. The van der Waals surface area contributed by atoms with Crippen molar-refractivity contribution in [1.29, 1.82) is 0 Å². The minimum Gasteiger partial charge on any atom is -0.329 e. The molecule has 1 fully saturated rings. The van der Waals surface area contributed by atoms with Gasteiger partial charge in [-0.1, -0.05) is 20.3 Å². The van der Waals surface area contributed by atoms with Crippen molar-refractivity contribution >= 4 is 27.3 Å². The van der Waals surface area contributed by atoms with Crippen LogP contribution in [0.3, 0.4) is 0 Å². The Labute approximate surface area is 135 Å². The summed E-state index contributed by atoms with van der Waals surface area (Å²) in [5, 5.41) is 2.16. The number of likely N-dealkylation sites (N-methyl/N-ethyl adjacent to an activating group) is 1. The molecule has 1 aromatic heterocycles. The Morgan fingerprint density at radius 2 is 2.05 bits per heavy atom. The molecule has 1 heterocycles. The molecule has 1 aromatic rings. The Bertz CT molecular complexity index is 443. The van der Waals surface area contributed by atoms with Gasteiger partial charge in [0.15, 0.2) is 0 Å². The topological polar surface area (TPSA) is 29.3 Å². The highest BCUT2D eigenvalue weighted by Gasteiger charge is 2.37. The molecule has 2 rings (SSSR count). The molecule has 0 radical (unpaired) electrons. The van der Waals surface area contributed by atoms with Gasteiger partial charge in [-0.3, -0.25) is 4.90 Å². The second-order valence-corrected chi connectivity index (χ2v) is 8.94. The Balaban J connectivity index is 2.09. The van der Waals surface area contributed by atoms with Crippen LogP contribution in [0.15, 0.2) is 15.9 Å². The van der Waals surface area contributed by atoms with E-state index in [1.807, 2.05) is 11.3 Å². The molecular weight excluding hydrogens is 332 g/mol. The van der Waals surface area contributed by atoms with E-state index in [-0.39, 0.29) is 5.54 Å². The first kappa shape index (κ1) is 16.5. The summed E-state index contributed by atoms with van der Waals surface area (Å²) < 4.78 is 1.19. The van der Waals surface area contributed by atoms with Crippen molar-refractivity contribution in [1.82, 2.24) is 4.90 Å². The van der Waals surface area contributed by atoms with E-state index < -0.39 is 0 Å². The molecule has 4 heteroatoms. The van der Waals surface area contributed by atoms with Crippen LogP contribution in [0.4, 0.5) is 0 Å². The van der Waals surface area contributed by atoms with Crippen LogP contribution in [-0.4, -0.2) is 24.0 Å². The van der Waals surface area contributed by atoms with Crippen molar-refractivity contribution in [2.45, 2.75) is 58.0 Å². The van der Waals surface area contributed by atoms with Crippen LogP contribution in [0.2, 0.25) is 0 Å². The molecule has 0 aliphatic heterocycles. The van der Waals surface area contributed by atoms with Gasteiger partial charge in [0, 0.05) is 33.4 Å². The lowest BCUT2D eigenvalue weighted by Gasteiger charge is -2.41. The number of nitrogens with zero attached hydrogens (tertiary/aromatic N) is 1. The van der Waals surface area contributed by atoms with E-state index >= 15 is 0 Å². The molecule has 0 saturated heterocycles. The van der Waals surface area contributed by atoms with Crippen molar-refractivity contribution in [3.05, 3.63) is 20.8 Å². The first-order chi connectivity index (χ1) is 9.37. The smallest absolute Gasteiger partial charge is 0.0332 e. The molecule has 1 unspecified atom stereocenters. The highest BCUT2D eigenvalue weighted by atomic mass is 79.9. The molecule has 1 atom stereocenters. The van der Waals surface area contributed by atoms with Gasteiger partial charge in [-0.05, 0) is 60.1 Å². The van der Waals surface area contributed by atoms with Gasteiger partial charge >= 0.3 is 0 Å². The third-order valence-electron chi connectivity index (χ3n) is 4.97. The van der Waals surface area contributed by atoms with Crippen LogP contribution in [0.5, 0.6) is 0 Å². The third kappa shape index (κ3) is 3.85. The standard InChI is InChI=1S/C16H27BrN2S/c1-15(2)5-4-6-16(12-18,8-7-15)19(3)10-14-9-13(17)11-20-14/h9,11H,4-8,10,12,18H2,1-3H3. The number of nitrogens with two attached hydrogens (primary N) is 1. The maximum Gasteiger partial charge on any atom is 0.0332 e. The lowest BCUT2D eigenvalue weighted by molar-refractivity contribution is 0.0972. The predicted molar refractivity (Wildman–Crippen MR) is 92.1 cm³/mol. The molecule has 0 aromatic carbocycles. The monoisotopic (exact) mass is 358 g/mol. The van der Waals surface area contributed by atoms with E-state index in [9.17, 15) is 0 Å². The number of hydrogen-bond acceptors (Lipinski definition) is 3. The summed E-state index contributed by atoms with van der Waals surface area (Å²) >= 11 is 5.37. The zero-order chi connectivity index (χ0) is 14.8. The molecule has 2 N–H and O–H groups in total. The summed E-state index contributed by atoms with van der Waals surface area (Å²) in [4.78, 5) is 3.92. The van der Waals surface area contributed by atoms with Crippen molar-refractivity contribution in [2.75, 3.05) is 13.6 Å². The number of halogens is 1. The van der Waals surface area contributed by atoms with Gasteiger partial charge in [-0.2, -0.15) is 0 Å². The fourth-order valence-corrected chi connectivity index (χ4v) is 4.80. The van der Waals surface area contributed by atoms with Crippen molar-refractivity contribution in [3.8, 4) is 0 Å². The molecular formula is C16H27BrN2S. The Hall–Kier alpha value is 0.1000. The molecule has 1 saturated carbocycles. The van der Waals surface area contributed by atoms with Gasteiger partial charge in [-0.15, -0.1) is 11.3 Å². The highest BCUT2D eigenvalue weighted by molar-refractivity contribution is 9.10.